The van der Waals surface area contributed by atoms with Gasteiger partial charge in [0.2, 0.25) is 5.91 Å². The molecule has 1 spiro atoms. The Bertz CT molecular complexity index is 2640. The number of likely N-dealkylation sites (N-methyl/N-ethyl adjacent to an activating group) is 1. The van der Waals surface area contributed by atoms with E-state index >= 15 is 9.59 Å². The third kappa shape index (κ3) is 12.3. The van der Waals surface area contributed by atoms with Crippen LogP contribution in [0.25, 0.3) is 22.2 Å². The summed E-state index contributed by atoms with van der Waals surface area (Å²) in [5.41, 5.74) is 11.1. The van der Waals surface area contributed by atoms with E-state index in [1.807, 2.05) is 31.5 Å². The fourth-order valence-electron chi connectivity index (χ4n) is 13.4. The van der Waals surface area contributed by atoms with Crippen molar-refractivity contribution in [1.82, 2.24) is 45.0 Å². The highest BCUT2D eigenvalue weighted by Gasteiger charge is 2.52. The SMILES string of the molecule is CCn1c(-c2cc(C3CN(C)C3)cnc2C(C)OC)c(CC(C)(C)COC=O)c2cc(N(CCO)CCC(C(NC(=O)C(C(C)C)N3CCC[C@@H]3c3ccccn3)C(=O)N3CCCC(C)N3)N3CC4(CCCO4)C3)ccc21. The second kappa shape index (κ2) is 24.6. The standard InChI is InChI=1S/C60H88N10O7/c1-10-68-50-20-19-45(31-46(50)48(32-59(6,7)38-76-39-72)56(68)47-30-43(44-34-65(8)35-44)33-62-53(47)42(5)75-9)66(27-28-71)26-21-52(67-36-60(37-67)22-15-29-77-60)54(58(74)70-25-13-16-41(4)64-70)63-57(73)55(40(2)3)69-24-14-18-51(69)49-17-11-12-23-61-49/h11-12,17,19-20,23,30-31,33,39-42,44,51-52,54-55,64,71H,10,13-16,18,21-22,24-29,32,34-38H2,1-9H3,(H,63,73)/t41?,42?,51-,52?,54?,55?/m1/s1. The number of carbonyl (C=O) groups excluding carboxylic acids is 3. The third-order valence-corrected chi connectivity index (χ3v) is 17.4. The van der Waals surface area contributed by atoms with E-state index in [4.69, 9.17) is 24.2 Å². The van der Waals surface area contributed by atoms with Crippen molar-refractivity contribution in [2.75, 3.05) is 91.2 Å². The zero-order valence-electron chi connectivity index (χ0n) is 47.5. The van der Waals surface area contributed by atoms with E-state index in [0.29, 0.717) is 64.5 Å². The molecule has 5 unspecified atom stereocenters. The predicted molar refractivity (Wildman–Crippen MR) is 300 cm³/mol. The van der Waals surface area contributed by atoms with Crippen molar-refractivity contribution in [3.63, 3.8) is 0 Å². The van der Waals surface area contributed by atoms with E-state index in [0.717, 1.165) is 110 Å². The highest BCUT2D eigenvalue weighted by Crippen LogP contribution is 2.44. The van der Waals surface area contributed by atoms with Crippen LogP contribution in [0.3, 0.4) is 0 Å². The summed E-state index contributed by atoms with van der Waals surface area (Å²) < 4.78 is 20.3. The van der Waals surface area contributed by atoms with E-state index in [1.165, 1.54) is 5.56 Å². The Hall–Kier alpha value is -5.01. The van der Waals surface area contributed by atoms with Gasteiger partial charge in [-0.15, -0.1) is 0 Å². The normalized spacial score (nSPS) is 22.0. The van der Waals surface area contributed by atoms with Crippen LogP contribution in [0.2, 0.25) is 0 Å². The van der Waals surface area contributed by atoms with Crippen molar-refractivity contribution in [1.29, 1.82) is 0 Å². The molecule has 8 heterocycles. The van der Waals surface area contributed by atoms with E-state index < -0.39 is 17.5 Å². The lowest BCUT2D eigenvalue weighted by molar-refractivity contribution is -0.154. The molecular weight excluding hydrogens is 973 g/mol. The van der Waals surface area contributed by atoms with Crippen molar-refractivity contribution in [3.8, 4) is 11.3 Å². The Labute approximate surface area is 457 Å². The molecule has 5 aliphatic heterocycles. The van der Waals surface area contributed by atoms with Crippen LogP contribution >= 0.6 is 0 Å². The van der Waals surface area contributed by atoms with Gasteiger partial charge < -0.3 is 39.0 Å². The highest BCUT2D eigenvalue weighted by atomic mass is 16.5. The molecule has 3 N–H and O–H groups in total. The van der Waals surface area contributed by atoms with Crippen molar-refractivity contribution < 1.29 is 33.7 Å². The number of aryl methyl sites for hydroxylation is 1. The number of amides is 2. The van der Waals surface area contributed by atoms with Gasteiger partial charge >= 0.3 is 0 Å². The van der Waals surface area contributed by atoms with Crippen LogP contribution in [-0.4, -0.2) is 174 Å². The van der Waals surface area contributed by atoms with E-state index in [-0.39, 0.29) is 60.8 Å². The summed E-state index contributed by atoms with van der Waals surface area (Å²) in [7, 11) is 3.87. The summed E-state index contributed by atoms with van der Waals surface area (Å²) in [5, 5.41) is 17.2. The second-order valence-corrected chi connectivity index (χ2v) is 24.1. The van der Waals surface area contributed by atoms with Crippen LogP contribution in [0.4, 0.5) is 5.69 Å². The molecule has 3 aromatic heterocycles. The van der Waals surface area contributed by atoms with Gasteiger partial charge in [-0.05, 0) is 139 Å². The summed E-state index contributed by atoms with van der Waals surface area (Å²) in [6.07, 6.45) is 10.4. The minimum Gasteiger partial charge on any atom is -0.467 e. The number of aromatic nitrogens is 3. The predicted octanol–water partition coefficient (Wildman–Crippen LogP) is 6.88. The number of fused-ring (bicyclic) bond motifs is 1. The quantitative estimate of drug-likeness (QED) is 0.0621. The lowest BCUT2D eigenvalue weighted by Crippen LogP contribution is -2.71. The summed E-state index contributed by atoms with van der Waals surface area (Å²) in [5.74, 6) is 0.0672. The highest BCUT2D eigenvalue weighted by molar-refractivity contribution is 5.95. The van der Waals surface area contributed by atoms with Gasteiger partial charge in [0.05, 0.1) is 54.1 Å². The largest absolute Gasteiger partial charge is 0.467 e. The van der Waals surface area contributed by atoms with Gasteiger partial charge in [-0.25, -0.2) is 5.43 Å². The Morgan fingerprint density at radius 2 is 1.84 bits per heavy atom. The van der Waals surface area contributed by atoms with Crippen molar-refractivity contribution in [3.05, 3.63) is 77.4 Å². The van der Waals surface area contributed by atoms with Gasteiger partial charge in [0.1, 0.15) is 6.04 Å². The minimum atomic E-state index is -0.869. The topological polar surface area (TPSA) is 170 Å². The number of ether oxygens (including phenoxy) is 3. The van der Waals surface area contributed by atoms with Crippen LogP contribution in [0.15, 0.2) is 54.9 Å². The van der Waals surface area contributed by atoms with Gasteiger partial charge in [0.15, 0.2) is 0 Å². The van der Waals surface area contributed by atoms with Gasteiger partial charge in [0, 0.05) is 124 Å². The Morgan fingerprint density at radius 1 is 1.05 bits per heavy atom. The lowest BCUT2D eigenvalue weighted by Gasteiger charge is -2.53. The molecular formula is C60H88N10O7. The first-order valence-electron chi connectivity index (χ1n) is 28.8. The first-order valence-corrected chi connectivity index (χ1v) is 28.8. The number of pyridine rings is 2. The van der Waals surface area contributed by atoms with E-state index in [2.05, 4.69) is 114 Å². The first-order chi connectivity index (χ1) is 37.1. The average Bonchev–Trinajstić information content (AvgIpc) is 4.19. The molecule has 0 aliphatic carbocycles. The number of methoxy groups -OCH3 is 1. The number of nitrogens with zero attached hydrogens (tertiary/aromatic N) is 8. The van der Waals surface area contributed by atoms with E-state index in [1.54, 1.807) is 12.1 Å². The molecule has 17 nitrogen and oxygen atoms in total. The first kappa shape index (κ1) is 56.7. The number of hydrazine groups is 1. The maximum absolute atomic E-state index is 15.4. The number of anilines is 1. The van der Waals surface area contributed by atoms with Crippen LogP contribution in [0, 0.1) is 11.3 Å². The van der Waals surface area contributed by atoms with Crippen molar-refractivity contribution in [2.24, 2.45) is 11.3 Å². The molecule has 2 amide bonds. The Morgan fingerprint density at radius 3 is 2.51 bits per heavy atom. The zero-order chi connectivity index (χ0) is 54.6. The molecule has 77 heavy (non-hydrogen) atoms. The van der Waals surface area contributed by atoms with Crippen molar-refractivity contribution in [2.45, 2.75) is 154 Å². The van der Waals surface area contributed by atoms with Gasteiger partial charge in [-0.1, -0.05) is 33.8 Å². The number of rotatable bonds is 24. The lowest BCUT2D eigenvalue weighted by atomic mass is 9.83. The molecule has 0 bridgehead atoms. The van der Waals surface area contributed by atoms with Crippen LogP contribution in [0.5, 0.6) is 0 Å². The molecule has 4 aromatic rings. The van der Waals surface area contributed by atoms with Gasteiger partial charge in [0.25, 0.3) is 12.4 Å². The van der Waals surface area contributed by atoms with Crippen LogP contribution < -0.4 is 15.6 Å². The molecule has 420 valence electrons. The molecule has 5 fully saturated rings. The monoisotopic (exact) mass is 1060 g/mol. The molecule has 17 heteroatoms. The maximum atomic E-state index is 15.4. The number of aliphatic hydroxyl groups excluding tert-OH is 1. The number of likely N-dealkylation sites (tertiary alicyclic amines) is 3. The number of benzene rings is 1. The molecule has 5 aliphatic rings. The second-order valence-electron chi connectivity index (χ2n) is 24.1. The third-order valence-electron chi connectivity index (χ3n) is 17.4. The molecule has 0 saturated carbocycles. The molecule has 6 atom stereocenters. The minimum absolute atomic E-state index is 0.00274. The van der Waals surface area contributed by atoms with E-state index in [9.17, 15) is 9.90 Å². The fraction of sp³-hybridized carbons (Fsp3) is 0.650. The molecule has 9 rings (SSSR count). The van der Waals surface area contributed by atoms with Crippen LogP contribution in [-0.2, 0) is 41.6 Å². The summed E-state index contributed by atoms with van der Waals surface area (Å²) in [4.78, 5) is 61.5. The average molecular weight is 1060 g/mol. The fourth-order valence-corrected chi connectivity index (χ4v) is 13.4. The molecule has 5 saturated heterocycles. The number of nitrogens with one attached hydrogen (secondary N) is 2. The summed E-state index contributed by atoms with van der Waals surface area (Å²) in [6, 6.07) is 13.3. The summed E-state index contributed by atoms with van der Waals surface area (Å²) >= 11 is 0. The van der Waals surface area contributed by atoms with Gasteiger partial charge in [-0.2, -0.15) is 0 Å². The number of hydrogen-bond acceptors (Lipinski definition) is 14. The number of carbonyl (C=O) groups is 3. The zero-order valence-corrected chi connectivity index (χ0v) is 47.5. The Balaban J connectivity index is 1.10. The molecule has 0 radical (unpaired) electrons. The van der Waals surface area contributed by atoms with Gasteiger partial charge in [-0.3, -0.25) is 39.2 Å². The number of aliphatic hydroxyl groups is 1. The smallest absolute Gasteiger partial charge is 0.293 e. The maximum Gasteiger partial charge on any atom is 0.293 e. The van der Waals surface area contributed by atoms with Crippen LogP contribution in [0.1, 0.15) is 134 Å². The summed E-state index contributed by atoms with van der Waals surface area (Å²) in [6.45, 7) is 22.4. The Kier molecular flexibility index (Phi) is 18.1. The van der Waals surface area contributed by atoms with Crippen molar-refractivity contribution >= 4 is 34.9 Å². The molecule has 1 aromatic carbocycles. The number of hydrogen-bond donors (Lipinski definition) is 3.